The first-order valence-corrected chi connectivity index (χ1v) is 8.04. The Balaban J connectivity index is 2.01. The number of likely N-dealkylation sites (N-methyl/N-ethyl adjacent to an activating group) is 1. The molecule has 0 radical (unpaired) electrons. The highest BCUT2D eigenvalue weighted by Crippen LogP contribution is 2.35. The summed E-state index contributed by atoms with van der Waals surface area (Å²) in [5.41, 5.74) is 3.93. The predicted octanol–water partition coefficient (Wildman–Crippen LogP) is 3.69. The van der Waals surface area contributed by atoms with E-state index in [9.17, 15) is 5.11 Å². The smallest absolute Gasteiger partial charge is 0.115 e. The van der Waals surface area contributed by atoms with Crippen LogP contribution in [0.15, 0.2) is 47.4 Å². The minimum absolute atomic E-state index is 0.357. The Bertz CT molecular complexity index is 609. The standard InChI is InChI=1S/C17H19NOS/c1-18-10-13-9-14(19)5-8-16(13)17(11-18)12-3-6-15(20-2)7-4-12/h3-9,17,19H,10-11H2,1-2H3. The molecule has 1 N–H and O–H groups in total. The highest BCUT2D eigenvalue weighted by molar-refractivity contribution is 7.98. The van der Waals surface area contributed by atoms with Crippen LogP contribution in [-0.2, 0) is 6.54 Å². The monoisotopic (exact) mass is 285 g/mol. The fraction of sp³-hybridized carbons (Fsp3) is 0.294. The molecule has 3 rings (SSSR count). The van der Waals surface area contributed by atoms with Gasteiger partial charge in [-0.15, -0.1) is 11.8 Å². The van der Waals surface area contributed by atoms with Crippen molar-refractivity contribution < 1.29 is 5.11 Å². The number of nitrogens with zero attached hydrogens (tertiary/aromatic N) is 1. The number of phenolic OH excluding ortho intramolecular Hbond substituents is 1. The van der Waals surface area contributed by atoms with Crippen molar-refractivity contribution in [3.05, 3.63) is 59.2 Å². The maximum atomic E-state index is 9.68. The van der Waals surface area contributed by atoms with Gasteiger partial charge in [-0.05, 0) is 54.3 Å². The van der Waals surface area contributed by atoms with Crippen molar-refractivity contribution in [3.63, 3.8) is 0 Å². The lowest BCUT2D eigenvalue weighted by atomic mass is 9.85. The van der Waals surface area contributed by atoms with E-state index in [0.29, 0.717) is 11.7 Å². The molecule has 0 saturated heterocycles. The third-order valence-corrected chi connectivity index (χ3v) is 4.70. The van der Waals surface area contributed by atoms with Gasteiger partial charge < -0.3 is 10.0 Å². The number of rotatable bonds is 2. The molecule has 1 aliphatic heterocycles. The molecule has 1 aliphatic rings. The number of aromatic hydroxyl groups is 1. The molecule has 1 heterocycles. The van der Waals surface area contributed by atoms with Crippen LogP contribution in [0.5, 0.6) is 5.75 Å². The minimum atomic E-state index is 0.357. The highest BCUT2D eigenvalue weighted by atomic mass is 32.2. The molecule has 20 heavy (non-hydrogen) atoms. The maximum absolute atomic E-state index is 9.68. The summed E-state index contributed by atoms with van der Waals surface area (Å²) in [4.78, 5) is 3.61. The zero-order valence-corrected chi connectivity index (χ0v) is 12.7. The van der Waals surface area contributed by atoms with E-state index in [0.717, 1.165) is 13.1 Å². The zero-order chi connectivity index (χ0) is 14.1. The van der Waals surface area contributed by atoms with Crippen LogP contribution in [0.2, 0.25) is 0 Å². The Morgan fingerprint density at radius 2 is 1.90 bits per heavy atom. The molecule has 0 saturated carbocycles. The molecule has 0 amide bonds. The van der Waals surface area contributed by atoms with Crippen molar-refractivity contribution in [1.82, 2.24) is 4.90 Å². The van der Waals surface area contributed by atoms with Gasteiger partial charge in [-0.1, -0.05) is 18.2 Å². The average Bonchev–Trinajstić information content (AvgIpc) is 2.46. The van der Waals surface area contributed by atoms with E-state index in [1.54, 1.807) is 17.8 Å². The van der Waals surface area contributed by atoms with E-state index in [1.165, 1.54) is 21.6 Å². The summed E-state index contributed by atoms with van der Waals surface area (Å²) in [6, 6.07) is 14.6. The molecule has 0 spiro atoms. The number of fused-ring (bicyclic) bond motifs is 1. The molecule has 2 aromatic carbocycles. The van der Waals surface area contributed by atoms with Crippen molar-refractivity contribution in [1.29, 1.82) is 0 Å². The van der Waals surface area contributed by atoms with Gasteiger partial charge in [0.25, 0.3) is 0 Å². The third-order valence-electron chi connectivity index (χ3n) is 3.95. The molecule has 2 aromatic rings. The summed E-state index contributed by atoms with van der Waals surface area (Å²) in [5.74, 6) is 0.746. The summed E-state index contributed by atoms with van der Waals surface area (Å²) in [6.07, 6.45) is 2.10. The van der Waals surface area contributed by atoms with Gasteiger partial charge in [0.2, 0.25) is 0 Å². The Hall–Kier alpha value is -1.45. The van der Waals surface area contributed by atoms with Crippen molar-refractivity contribution in [2.75, 3.05) is 19.8 Å². The van der Waals surface area contributed by atoms with Gasteiger partial charge >= 0.3 is 0 Å². The van der Waals surface area contributed by atoms with Crippen LogP contribution in [0, 0.1) is 0 Å². The minimum Gasteiger partial charge on any atom is -0.508 e. The van der Waals surface area contributed by atoms with Gasteiger partial charge in [-0.2, -0.15) is 0 Å². The van der Waals surface area contributed by atoms with Gasteiger partial charge in [0.1, 0.15) is 5.75 Å². The second kappa shape index (κ2) is 5.51. The fourth-order valence-corrected chi connectivity index (χ4v) is 3.36. The van der Waals surface area contributed by atoms with Gasteiger partial charge in [-0.3, -0.25) is 0 Å². The summed E-state index contributed by atoms with van der Waals surface area (Å²) in [7, 11) is 2.14. The second-order valence-corrected chi connectivity index (χ2v) is 6.29. The summed E-state index contributed by atoms with van der Waals surface area (Å²) in [6.45, 7) is 1.93. The van der Waals surface area contributed by atoms with Crippen molar-refractivity contribution in [2.45, 2.75) is 17.4 Å². The molecule has 0 aliphatic carbocycles. The second-order valence-electron chi connectivity index (χ2n) is 5.41. The SMILES string of the molecule is CSc1ccc(C2CN(C)Cc3cc(O)ccc32)cc1. The van der Waals surface area contributed by atoms with Crippen LogP contribution in [0.1, 0.15) is 22.6 Å². The first kappa shape index (κ1) is 13.5. The third kappa shape index (κ3) is 2.56. The van der Waals surface area contributed by atoms with E-state index in [-0.39, 0.29) is 0 Å². The number of thioether (sulfide) groups is 1. The molecule has 0 fully saturated rings. The molecule has 3 heteroatoms. The van der Waals surface area contributed by atoms with Gasteiger partial charge in [-0.25, -0.2) is 0 Å². The highest BCUT2D eigenvalue weighted by Gasteiger charge is 2.24. The van der Waals surface area contributed by atoms with E-state index in [1.807, 2.05) is 6.07 Å². The van der Waals surface area contributed by atoms with Crippen LogP contribution < -0.4 is 0 Å². The first-order valence-electron chi connectivity index (χ1n) is 6.81. The van der Waals surface area contributed by atoms with Crippen molar-refractivity contribution in [3.8, 4) is 5.75 Å². The molecule has 2 nitrogen and oxygen atoms in total. The number of hydrogen-bond donors (Lipinski definition) is 1. The summed E-state index contributed by atoms with van der Waals surface area (Å²) in [5, 5.41) is 9.68. The van der Waals surface area contributed by atoms with E-state index >= 15 is 0 Å². The molecule has 1 unspecified atom stereocenters. The van der Waals surface area contributed by atoms with Gasteiger partial charge in [0.15, 0.2) is 0 Å². The largest absolute Gasteiger partial charge is 0.508 e. The maximum Gasteiger partial charge on any atom is 0.115 e. The van der Waals surface area contributed by atoms with Crippen molar-refractivity contribution in [2.24, 2.45) is 0 Å². The lowest BCUT2D eigenvalue weighted by Gasteiger charge is -2.32. The predicted molar refractivity (Wildman–Crippen MR) is 84.5 cm³/mol. The summed E-state index contributed by atoms with van der Waals surface area (Å²) < 4.78 is 0. The topological polar surface area (TPSA) is 23.5 Å². The Morgan fingerprint density at radius 3 is 2.60 bits per heavy atom. The normalized spacial score (nSPS) is 18.8. The van der Waals surface area contributed by atoms with E-state index in [4.69, 9.17) is 0 Å². The number of phenols is 1. The fourth-order valence-electron chi connectivity index (χ4n) is 2.96. The number of hydrogen-bond acceptors (Lipinski definition) is 3. The van der Waals surface area contributed by atoms with Crippen LogP contribution in [0.3, 0.4) is 0 Å². The number of benzene rings is 2. The quantitative estimate of drug-likeness (QED) is 0.851. The Morgan fingerprint density at radius 1 is 1.15 bits per heavy atom. The molecule has 1 atom stereocenters. The zero-order valence-electron chi connectivity index (χ0n) is 11.8. The van der Waals surface area contributed by atoms with Gasteiger partial charge in [0, 0.05) is 23.9 Å². The molecule has 0 bridgehead atoms. The van der Waals surface area contributed by atoms with Crippen LogP contribution in [0.25, 0.3) is 0 Å². The average molecular weight is 285 g/mol. The van der Waals surface area contributed by atoms with Crippen molar-refractivity contribution >= 4 is 11.8 Å². The molecule has 0 aromatic heterocycles. The summed E-state index contributed by atoms with van der Waals surface area (Å²) >= 11 is 1.77. The molecule has 104 valence electrons. The van der Waals surface area contributed by atoms with Crippen LogP contribution >= 0.6 is 11.8 Å². The van der Waals surface area contributed by atoms with E-state index < -0.39 is 0 Å². The molecular formula is C17H19NOS. The molecular weight excluding hydrogens is 266 g/mol. The van der Waals surface area contributed by atoms with Crippen LogP contribution in [0.4, 0.5) is 0 Å². The lowest BCUT2D eigenvalue weighted by Crippen LogP contribution is -2.30. The van der Waals surface area contributed by atoms with E-state index in [2.05, 4.69) is 48.5 Å². The Labute approximate surface area is 124 Å². The first-order chi connectivity index (χ1) is 9.67. The Kier molecular flexibility index (Phi) is 3.72. The van der Waals surface area contributed by atoms with Gasteiger partial charge in [0.05, 0.1) is 0 Å². The lowest BCUT2D eigenvalue weighted by molar-refractivity contribution is 0.294. The van der Waals surface area contributed by atoms with Crippen LogP contribution in [-0.4, -0.2) is 29.9 Å².